The van der Waals surface area contributed by atoms with E-state index < -0.39 is 40.8 Å². The monoisotopic (exact) mass is 421 g/mol. The van der Waals surface area contributed by atoms with Crippen LogP contribution in [-0.4, -0.2) is 12.1 Å². The number of hydrogen-bond donors (Lipinski definition) is 0. The second-order valence-corrected chi connectivity index (χ2v) is 7.90. The Morgan fingerprint density at radius 2 is 1.73 bits per heavy atom. The number of alkyl halides is 3. The van der Waals surface area contributed by atoms with Gasteiger partial charge in [0.2, 0.25) is 6.10 Å². The Morgan fingerprint density at radius 1 is 1.10 bits per heavy atom. The van der Waals surface area contributed by atoms with E-state index in [0.29, 0.717) is 5.75 Å². The van der Waals surface area contributed by atoms with Gasteiger partial charge in [-0.15, -0.1) is 0 Å². The molecule has 158 valence electrons. The molecule has 0 saturated heterocycles. The van der Waals surface area contributed by atoms with Crippen LogP contribution in [0, 0.1) is 33.9 Å². The Labute approximate surface area is 171 Å². The smallest absolute Gasteiger partial charge is 0.395 e. The maximum atomic E-state index is 14.3. The van der Waals surface area contributed by atoms with Gasteiger partial charge in [-0.2, -0.15) is 18.4 Å². The molecular weight excluding hydrogens is 402 g/mol. The number of para-hydroxylation sites is 1. The Morgan fingerprint density at radius 3 is 2.27 bits per heavy atom. The summed E-state index contributed by atoms with van der Waals surface area (Å²) in [6, 6.07) is 13.8. The van der Waals surface area contributed by atoms with Crippen LogP contribution in [0.1, 0.15) is 32.4 Å². The zero-order valence-corrected chi connectivity index (χ0v) is 16.5. The van der Waals surface area contributed by atoms with Crippen LogP contribution in [-0.2, 0) is 9.53 Å². The fourth-order valence-electron chi connectivity index (χ4n) is 3.79. The Kier molecular flexibility index (Phi) is 5.27. The van der Waals surface area contributed by atoms with E-state index in [9.17, 15) is 27.6 Å². The number of carbonyl (C=O) groups is 1. The number of rotatable bonds is 5. The lowest BCUT2D eigenvalue weighted by Gasteiger charge is -2.18. The molecule has 1 aliphatic rings. The molecule has 8 heteroatoms. The fraction of sp³-hybridized carbons (Fsp3) is 0.364. The highest BCUT2D eigenvalue weighted by atomic mass is 19.4. The third kappa shape index (κ3) is 3.49. The van der Waals surface area contributed by atoms with Gasteiger partial charge in [0.1, 0.15) is 23.4 Å². The van der Waals surface area contributed by atoms with E-state index in [-0.39, 0.29) is 11.3 Å². The van der Waals surface area contributed by atoms with Crippen molar-refractivity contribution in [2.24, 2.45) is 16.7 Å². The highest BCUT2D eigenvalue weighted by molar-refractivity contribution is 5.79. The molecule has 3 unspecified atom stereocenters. The molecule has 30 heavy (non-hydrogen) atoms. The number of halogens is 4. The quantitative estimate of drug-likeness (QED) is 0.442. The summed E-state index contributed by atoms with van der Waals surface area (Å²) in [5.41, 5.74) is -3.99. The van der Waals surface area contributed by atoms with E-state index in [1.807, 2.05) is 0 Å². The summed E-state index contributed by atoms with van der Waals surface area (Å²) in [5, 5.41) is 9.40. The van der Waals surface area contributed by atoms with Crippen LogP contribution in [0.5, 0.6) is 11.5 Å². The molecule has 2 aromatic rings. The normalized spacial score (nSPS) is 23.2. The van der Waals surface area contributed by atoms with Crippen molar-refractivity contribution in [3.05, 3.63) is 59.9 Å². The van der Waals surface area contributed by atoms with Crippen LogP contribution in [0.25, 0.3) is 0 Å². The number of nitriles is 1. The first-order valence-corrected chi connectivity index (χ1v) is 9.12. The number of ether oxygens (including phenoxy) is 2. The van der Waals surface area contributed by atoms with Crippen LogP contribution in [0.4, 0.5) is 17.6 Å². The van der Waals surface area contributed by atoms with Gasteiger partial charge in [0.15, 0.2) is 0 Å². The molecule has 1 aliphatic carbocycles. The molecule has 0 radical (unpaired) electrons. The average Bonchev–Trinajstić information content (AvgIpc) is 3.16. The van der Waals surface area contributed by atoms with Crippen LogP contribution in [0.2, 0.25) is 0 Å². The summed E-state index contributed by atoms with van der Waals surface area (Å²) >= 11 is 0. The molecule has 2 aromatic carbocycles. The molecule has 4 nitrogen and oxygen atoms in total. The molecule has 0 amide bonds. The van der Waals surface area contributed by atoms with Crippen molar-refractivity contribution >= 4 is 5.97 Å². The minimum absolute atomic E-state index is 0.181. The highest BCUT2D eigenvalue weighted by Gasteiger charge is 2.83. The number of hydrogen-bond acceptors (Lipinski definition) is 4. The van der Waals surface area contributed by atoms with Gasteiger partial charge in [-0.25, -0.2) is 4.39 Å². The van der Waals surface area contributed by atoms with E-state index in [0.717, 1.165) is 13.0 Å². The minimum Gasteiger partial charge on any atom is -0.457 e. The SMILES string of the molecule is CC1(C)C(C(=O)OC(C#N)c2cc(Oc3ccccc3)ccc2F)C1(C)C(F)(F)F. The van der Waals surface area contributed by atoms with Gasteiger partial charge in [0, 0.05) is 5.56 Å². The topological polar surface area (TPSA) is 59.3 Å². The standard InChI is InChI=1S/C22H19F4NO3/c1-20(2)18(21(20,3)22(24,25)26)19(28)30-17(12-27)15-11-14(9-10-16(15)23)29-13-7-5-4-6-8-13/h4-11,17-18H,1-3H3. The summed E-state index contributed by atoms with van der Waals surface area (Å²) < 4.78 is 65.3. The van der Waals surface area contributed by atoms with E-state index in [2.05, 4.69) is 0 Å². The zero-order chi connectivity index (χ0) is 22.3. The third-order valence-electron chi connectivity index (χ3n) is 5.96. The van der Waals surface area contributed by atoms with Crippen LogP contribution in [0.15, 0.2) is 48.5 Å². The van der Waals surface area contributed by atoms with Gasteiger partial charge in [-0.3, -0.25) is 4.79 Å². The molecule has 0 bridgehead atoms. The first-order valence-electron chi connectivity index (χ1n) is 9.12. The molecule has 0 heterocycles. The first-order chi connectivity index (χ1) is 13.9. The molecule has 3 atom stereocenters. The van der Waals surface area contributed by atoms with Gasteiger partial charge in [0.05, 0.1) is 11.3 Å². The van der Waals surface area contributed by atoms with Crippen LogP contribution >= 0.6 is 0 Å². The predicted molar refractivity (Wildman–Crippen MR) is 98.8 cm³/mol. The van der Waals surface area contributed by atoms with Crippen molar-refractivity contribution in [1.82, 2.24) is 0 Å². The van der Waals surface area contributed by atoms with E-state index in [4.69, 9.17) is 9.47 Å². The highest BCUT2D eigenvalue weighted by Crippen LogP contribution is 2.75. The number of esters is 1. The summed E-state index contributed by atoms with van der Waals surface area (Å²) in [5.74, 6) is -2.89. The minimum atomic E-state index is -4.63. The van der Waals surface area contributed by atoms with Crippen molar-refractivity contribution in [1.29, 1.82) is 5.26 Å². The Bertz CT molecular complexity index is 998. The molecule has 0 N–H and O–H groups in total. The van der Waals surface area contributed by atoms with Gasteiger partial charge < -0.3 is 9.47 Å². The number of nitrogens with zero attached hydrogens (tertiary/aromatic N) is 1. The number of carbonyl (C=O) groups excluding carboxylic acids is 1. The summed E-state index contributed by atoms with van der Waals surface area (Å²) in [6.07, 6.45) is -6.34. The lowest BCUT2D eigenvalue weighted by atomic mass is 9.98. The molecule has 0 aliphatic heterocycles. The lowest BCUT2D eigenvalue weighted by Crippen LogP contribution is -2.28. The van der Waals surface area contributed by atoms with Gasteiger partial charge in [0.25, 0.3) is 0 Å². The van der Waals surface area contributed by atoms with E-state index in [1.54, 1.807) is 36.4 Å². The molecule has 0 spiro atoms. The molecule has 1 fully saturated rings. The second-order valence-electron chi connectivity index (χ2n) is 7.90. The molecule has 3 rings (SSSR count). The van der Waals surface area contributed by atoms with Crippen molar-refractivity contribution in [2.45, 2.75) is 33.1 Å². The first kappa shape index (κ1) is 21.6. The van der Waals surface area contributed by atoms with Gasteiger partial charge in [-0.05, 0) is 42.7 Å². The average molecular weight is 421 g/mol. The fourth-order valence-corrected chi connectivity index (χ4v) is 3.79. The van der Waals surface area contributed by atoms with Crippen molar-refractivity contribution < 1.29 is 31.8 Å². The third-order valence-corrected chi connectivity index (χ3v) is 5.96. The van der Waals surface area contributed by atoms with Crippen LogP contribution < -0.4 is 4.74 Å². The summed E-state index contributed by atoms with van der Waals surface area (Å²) in [7, 11) is 0. The van der Waals surface area contributed by atoms with Gasteiger partial charge in [-0.1, -0.05) is 32.0 Å². The summed E-state index contributed by atoms with van der Waals surface area (Å²) in [6.45, 7) is 3.56. The maximum Gasteiger partial charge on any atom is 0.395 e. The Balaban J connectivity index is 1.82. The lowest BCUT2D eigenvalue weighted by molar-refractivity contribution is -0.198. The van der Waals surface area contributed by atoms with E-state index >= 15 is 0 Å². The molecule has 1 saturated carbocycles. The van der Waals surface area contributed by atoms with Crippen LogP contribution in [0.3, 0.4) is 0 Å². The number of benzene rings is 2. The van der Waals surface area contributed by atoms with Crippen molar-refractivity contribution in [2.75, 3.05) is 0 Å². The second kappa shape index (κ2) is 7.31. The summed E-state index contributed by atoms with van der Waals surface area (Å²) in [4.78, 5) is 12.5. The largest absolute Gasteiger partial charge is 0.457 e. The van der Waals surface area contributed by atoms with Gasteiger partial charge >= 0.3 is 12.1 Å². The van der Waals surface area contributed by atoms with Crippen molar-refractivity contribution in [3.8, 4) is 17.6 Å². The zero-order valence-electron chi connectivity index (χ0n) is 16.5. The van der Waals surface area contributed by atoms with Crippen molar-refractivity contribution in [3.63, 3.8) is 0 Å². The predicted octanol–water partition coefficient (Wildman–Crippen LogP) is 5.95. The van der Waals surface area contributed by atoms with E-state index in [1.165, 1.54) is 26.0 Å². The molecular formula is C22H19F4NO3. The maximum absolute atomic E-state index is 14.3. The Hall–Kier alpha value is -3.08. The molecule has 0 aromatic heterocycles.